The highest BCUT2D eigenvalue weighted by Gasteiger charge is 1.78. The van der Waals surface area contributed by atoms with Gasteiger partial charge in [0.15, 0.2) is 0 Å². The Bertz CT molecular complexity index is 41.4. The molecular weight excluding hydrogens is 86.1 g/mol. The molecule has 0 heterocycles. The van der Waals surface area contributed by atoms with E-state index in [2.05, 4.69) is 11.9 Å². The second-order valence-corrected chi connectivity index (χ2v) is 1.61. The van der Waals surface area contributed by atoms with E-state index in [4.69, 9.17) is 6.72 Å². The van der Waals surface area contributed by atoms with Gasteiger partial charge in [-0.3, -0.25) is 4.99 Å². The fourth-order valence-electron chi connectivity index (χ4n) is 0.453. The standard InChI is InChI=1S/C6H12N/c1-3-4-5-6-7-2/h2H,3-6H2,1H3. The van der Waals surface area contributed by atoms with Crippen LogP contribution in [0.15, 0.2) is 4.99 Å². The molecule has 0 unspecified atom stereocenters. The van der Waals surface area contributed by atoms with Gasteiger partial charge in [0.1, 0.15) is 0 Å². The summed E-state index contributed by atoms with van der Waals surface area (Å²) >= 11 is 0. The average Bonchev–Trinajstić information content (AvgIpc) is 1.69. The van der Waals surface area contributed by atoms with E-state index in [1.165, 1.54) is 12.8 Å². The summed E-state index contributed by atoms with van der Waals surface area (Å²) in [7, 11) is 0. The normalized spacial score (nSPS) is 8.71. The van der Waals surface area contributed by atoms with E-state index in [1.807, 2.05) is 0 Å². The highest BCUT2D eigenvalue weighted by Crippen LogP contribution is 1.91. The number of hydrogen-bond donors (Lipinski definition) is 0. The Kier molecular flexibility index (Phi) is 5.40. The van der Waals surface area contributed by atoms with Crippen molar-refractivity contribution in [3.05, 3.63) is 0 Å². The lowest BCUT2D eigenvalue weighted by Crippen LogP contribution is -1.76. The predicted molar refractivity (Wildman–Crippen MR) is 32.9 cm³/mol. The maximum atomic E-state index is 4.89. The van der Waals surface area contributed by atoms with Gasteiger partial charge in [0.2, 0.25) is 0 Å². The van der Waals surface area contributed by atoms with Crippen molar-refractivity contribution in [2.75, 3.05) is 6.54 Å². The zero-order chi connectivity index (χ0) is 5.54. The first-order valence-electron chi connectivity index (χ1n) is 2.78. The van der Waals surface area contributed by atoms with E-state index in [0.29, 0.717) is 0 Å². The first-order chi connectivity index (χ1) is 3.41. The molecule has 0 saturated carbocycles. The topological polar surface area (TPSA) is 12.4 Å². The van der Waals surface area contributed by atoms with Gasteiger partial charge in [-0.05, 0) is 6.42 Å². The summed E-state index contributed by atoms with van der Waals surface area (Å²) in [6.07, 6.45) is 3.64. The Balaban J connectivity index is 2.56. The third-order valence-corrected chi connectivity index (χ3v) is 0.891. The third-order valence-electron chi connectivity index (χ3n) is 0.891. The molecule has 0 aliphatic rings. The van der Waals surface area contributed by atoms with Crippen LogP contribution in [0.2, 0.25) is 0 Å². The monoisotopic (exact) mass is 98.1 g/mol. The third kappa shape index (κ3) is 5.67. The Labute approximate surface area is 45.5 Å². The van der Waals surface area contributed by atoms with E-state index in [9.17, 15) is 0 Å². The summed E-state index contributed by atoms with van der Waals surface area (Å²) in [6, 6.07) is 0. The van der Waals surface area contributed by atoms with E-state index in [-0.39, 0.29) is 0 Å². The van der Waals surface area contributed by atoms with Crippen LogP contribution in [-0.2, 0) is 0 Å². The van der Waals surface area contributed by atoms with Gasteiger partial charge in [-0.2, -0.15) is 0 Å². The number of hydrogen-bond acceptors (Lipinski definition) is 1. The van der Waals surface area contributed by atoms with Crippen molar-refractivity contribution >= 4 is 6.72 Å². The van der Waals surface area contributed by atoms with Crippen LogP contribution in [0.4, 0.5) is 0 Å². The second kappa shape index (κ2) is 5.67. The maximum Gasteiger partial charge on any atom is 0.0390 e. The minimum absolute atomic E-state index is 0.827. The molecule has 0 saturated heterocycles. The minimum Gasteiger partial charge on any atom is -0.292 e. The summed E-state index contributed by atoms with van der Waals surface area (Å²) in [5.41, 5.74) is 0. The van der Waals surface area contributed by atoms with Crippen molar-refractivity contribution in [3.63, 3.8) is 0 Å². The molecule has 0 N–H and O–H groups in total. The molecule has 0 bridgehead atoms. The van der Waals surface area contributed by atoms with Gasteiger partial charge in [0.25, 0.3) is 0 Å². The summed E-state index contributed by atoms with van der Waals surface area (Å²) in [6.45, 7) is 7.88. The zero-order valence-electron chi connectivity index (χ0n) is 4.85. The second-order valence-electron chi connectivity index (χ2n) is 1.61. The van der Waals surface area contributed by atoms with Crippen LogP contribution in [0.25, 0.3) is 0 Å². The summed E-state index contributed by atoms with van der Waals surface area (Å²) < 4.78 is 0. The van der Waals surface area contributed by atoms with E-state index >= 15 is 0 Å². The van der Waals surface area contributed by atoms with Gasteiger partial charge in [-0.1, -0.05) is 19.8 Å². The fourth-order valence-corrected chi connectivity index (χ4v) is 0.453. The highest BCUT2D eigenvalue weighted by molar-refractivity contribution is 5.22. The highest BCUT2D eigenvalue weighted by atomic mass is 14.7. The van der Waals surface area contributed by atoms with Gasteiger partial charge >= 0.3 is 0 Å². The van der Waals surface area contributed by atoms with Gasteiger partial charge in [0.05, 0.1) is 0 Å². The number of rotatable bonds is 4. The molecule has 0 aliphatic carbocycles. The van der Waals surface area contributed by atoms with Crippen molar-refractivity contribution in [1.82, 2.24) is 0 Å². The SMILES string of the molecule is [CH]=NCCCCC. The van der Waals surface area contributed by atoms with Crippen LogP contribution in [0.5, 0.6) is 0 Å². The predicted octanol–water partition coefficient (Wildman–Crippen LogP) is 1.75. The van der Waals surface area contributed by atoms with E-state index in [1.54, 1.807) is 0 Å². The molecule has 0 atom stereocenters. The van der Waals surface area contributed by atoms with E-state index < -0.39 is 0 Å². The quantitative estimate of drug-likeness (QED) is 0.375. The molecular formula is C6H12N. The van der Waals surface area contributed by atoms with Crippen molar-refractivity contribution in [1.29, 1.82) is 0 Å². The van der Waals surface area contributed by atoms with Gasteiger partial charge < -0.3 is 0 Å². The smallest absolute Gasteiger partial charge is 0.0390 e. The Morgan fingerprint density at radius 2 is 2.14 bits per heavy atom. The van der Waals surface area contributed by atoms with E-state index in [0.717, 1.165) is 13.0 Å². The maximum absolute atomic E-state index is 4.89. The van der Waals surface area contributed by atoms with Crippen LogP contribution in [0.1, 0.15) is 26.2 Å². The Morgan fingerprint density at radius 3 is 2.57 bits per heavy atom. The van der Waals surface area contributed by atoms with Crippen molar-refractivity contribution in [3.8, 4) is 0 Å². The molecule has 0 aromatic carbocycles. The Morgan fingerprint density at radius 1 is 1.43 bits per heavy atom. The Hall–Kier alpha value is -0.330. The van der Waals surface area contributed by atoms with Crippen LogP contribution in [0, 0.1) is 0 Å². The van der Waals surface area contributed by atoms with Crippen LogP contribution >= 0.6 is 0 Å². The summed E-state index contributed by atoms with van der Waals surface area (Å²) in [5.74, 6) is 0. The van der Waals surface area contributed by atoms with Crippen molar-refractivity contribution in [2.24, 2.45) is 4.99 Å². The molecule has 0 fully saturated rings. The molecule has 7 heavy (non-hydrogen) atoms. The van der Waals surface area contributed by atoms with Crippen LogP contribution in [0.3, 0.4) is 0 Å². The van der Waals surface area contributed by atoms with Crippen LogP contribution in [-0.4, -0.2) is 13.3 Å². The first kappa shape index (κ1) is 6.67. The lowest BCUT2D eigenvalue weighted by molar-refractivity contribution is 0.730. The zero-order valence-corrected chi connectivity index (χ0v) is 4.85. The largest absolute Gasteiger partial charge is 0.292 e. The molecule has 0 aromatic rings. The van der Waals surface area contributed by atoms with Gasteiger partial charge in [0, 0.05) is 13.3 Å². The molecule has 1 heteroatoms. The summed E-state index contributed by atoms with van der Waals surface area (Å²) in [4.78, 5) is 3.47. The molecule has 1 nitrogen and oxygen atoms in total. The first-order valence-corrected chi connectivity index (χ1v) is 2.78. The van der Waals surface area contributed by atoms with Gasteiger partial charge in [-0.15, -0.1) is 0 Å². The minimum atomic E-state index is 0.827. The molecule has 41 valence electrons. The molecule has 0 rings (SSSR count). The fraction of sp³-hybridized carbons (Fsp3) is 0.833. The number of nitrogens with zero attached hydrogens (tertiary/aromatic N) is 1. The van der Waals surface area contributed by atoms with Crippen molar-refractivity contribution < 1.29 is 0 Å². The molecule has 1 radical (unpaired) electrons. The molecule has 0 aliphatic heterocycles. The van der Waals surface area contributed by atoms with Crippen molar-refractivity contribution in [2.45, 2.75) is 26.2 Å². The average molecular weight is 98.2 g/mol. The lowest BCUT2D eigenvalue weighted by atomic mass is 10.3. The molecule has 0 amide bonds. The van der Waals surface area contributed by atoms with Crippen LogP contribution < -0.4 is 0 Å². The molecule has 0 spiro atoms. The summed E-state index contributed by atoms with van der Waals surface area (Å²) in [5, 5.41) is 0. The number of unbranched alkanes of at least 4 members (excludes halogenated alkanes) is 2. The van der Waals surface area contributed by atoms with Gasteiger partial charge in [-0.25, -0.2) is 0 Å². The number of aliphatic imine (C=N–C) groups is 1. The lowest BCUT2D eigenvalue weighted by Gasteiger charge is -1.87. The molecule has 0 aromatic heterocycles.